The van der Waals surface area contributed by atoms with Gasteiger partial charge in [-0.15, -0.1) is 0 Å². The molecule has 0 radical (unpaired) electrons. The Morgan fingerprint density at radius 2 is 1.43 bits per heavy atom. The van der Waals surface area contributed by atoms with Gasteiger partial charge in [-0.25, -0.2) is 0 Å². The minimum absolute atomic E-state index is 0.0459. The summed E-state index contributed by atoms with van der Waals surface area (Å²) in [4.78, 5) is 16.8. The Bertz CT molecular complexity index is 1030. The molecule has 0 aliphatic rings. The standard InChI is InChI=1S/C22H23NO5/c1-13(24)16-11-21(27-4)20(26-3)10-15(16)8-18-17-12-22(28-5)19(25-2)9-14(17)6-7-23-18/h6-7,9-12H,8H2,1-5H3. The van der Waals surface area contributed by atoms with E-state index >= 15 is 0 Å². The van der Waals surface area contributed by atoms with E-state index in [-0.39, 0.29) is 5.78 Å². The average molecular weight is 381 g/mol. The first kappa shape index (κ1) is 19.5. The number of Topliss-reactive ketones (excluding diaryl/α,β-unsaturated/α-hetero) is 1. The molecule has 0 N–H and O–H groups in total. The molecule has 0 saturated carbocycles. The molecule has 0 spiro atoms. The second-order valence-corrected chi connectivity index (χ2v) is 6.28. The molecule has 1 heterocycles. The van der Waals surface area contributed by atoms with Gasteiger partial charge in [-0.2, -0.15) is 0 Å². The van der Waals surface area contributed by atoms with Crippen LogP contribution in [0.1, 0.15) is 28.5 Å². The number of hydrogen-bond acceptors (Lipinski definition) is 6. The van der Waals surface area contributed by atoms with Crippen LogP contribution in [0.2, 0.25) is 0 Å². The highest BCUT2D eigenvalue weighted by Crippen LogP contribution is 2.35. The number of rotatable bonds is 7. The monoisotopic (exact) mass is 381 g/mol. The van der Waals surface area contributed by atoms with Crippen LogP contribution in [0, 0.1) is 0 Å². The van der Waals surface area contributed by atoms with Crippen LogP contribution in [0.3, 0.4) is 0 Å². The number of aromatic nitrogens is 1. The van der Waals surface area contributed by atoms with E-state index in [0.29, 0.717) is 35.0 Å². The van der Waals surface area contributed by atoms with Gasteiger partial charge in [0, 0.05) is 23.6 Å². The molecule has 0 saturated heterocycles. The van der Waals surface area contributed by atoms with Gasteiger partial charge in [0.2, 0.25) is 0 Å². The number of carbonyl (C=O) groups excluding carboxylic acids is 1. The van der Waals surface area contributed by atoms with Gasteiger partial charge in [0.05, 0.1) is 34.1 Å². The molecule has 0 fully saturated rings. The Balaban J connectivity index is 2.16. The van der Waals surface area contributed by atoms with Crippen molar-refractivity contribution >= 4 is 16.6 Å². The predicted octanol–water partition coefficient (Wildman–Crippen LogP) is 4.06. The lowest BCUT2D eigenvalue weighted by Gasteiger charge is -2.15. The van der Waals surface area contributed by atoms with E-state index in [4.69, 9.17) is 18.9 Å². The molecule has 1 aromatic heterocycles. The normalized spacial score (nSPS) is 10.6. The van der Waals surface area contributed by atoms with E-state index in [1.54, 1.807) is 40.7 Å². The van der Waals surface area contributed by atoms with Crippen LogP contribution in [0.5, 0.6) is 23.0 Å². The minimum Gasteiger partial charge on any atom is -0.493 e. The molecule has 0 aliphatic carbocycles. The van der Waals surface area contributed by atoms with Crippen LogP contribution in [-0.4, -0.2) is 39.2 Å². The fraction of sp³-hybridized carbons (Fsp3) is 0.273. The van der Waals surface area contributed by atoms with E-state index in [1.165, 1.54) is 6.92 Å². The van der Waals surface area contributed by atoms with Gasteiger partial charge in [0.1, 0.15) is 0 Å². The van der Waals surface area contributed by atoms with Gasteiger partial charge in [-0.05, 0) is 48.2 Å². The topological polar surface area (TPSA) is 66.9 Å². The number of ether oxygens (including phenoxy) is 4. The molecule has 0 amide bonds. The highest BCUT2D eigenvalue weighted by molar-refractivity contribution is 5.97. The zero-order chi connectivity index (χ0) is 20.3. The lowest BCUT2D eigenvalue weighted by Crippen LogP contribution is -2.05. The van der Waals surface area contributed by atoms with Gasteiger partial charge >= 0.3 is 0 Å². The molecule has 2 aromatic carbocycles. The fourth-order valence-electron chi connectivity index (χ4n) is 3.28. The number of nitrogens with zero attached hydrogens (tertiary/aromatic N) is 1. The zero-order valence-electron chi connectivity index (χ0n) is 16.7. The number of methoxy groups -OCH3 is 4. The second kappa shape index (κ2) is 8.17. The molecule has 0 bridgehead atoms. The Morgan fingerprint density at radius 3 is 2.04 bits per heavy atom. The van der Waals surface area contributed by atoms with Crippen molar-refractivity contribution in [3.05, 3.63) is 53.3 Å². The van der Waals surface area contributed by atoms with Gasteiger partial charge in [0.25, 0.3) is 0 Å². The van der Waals surface area contributed by atoms with Crippen LogP contribution in [-0.2, 0) is 6.42 Å². The molecule has 6 heteroatoms. The maximum atomic E-state index is 12.2. The van der Waals surface area contributed by atoms with Crippen LogP contribution in [0.15, 0.2) is 36.5 Å². The zero-order valence-corrected chi connectivity index (χ0v) is 16.7. The number of carbonyl (C=O) groups is 1. The Labute approximate surface area is 164 Å². The summed E-state index contributed by atoms with van der Waals surface area (Å²) in [6, 6.07) is 9.29. The first-order chi connectivity index (χ1) is 13.5. The SMILES string of the molecule is COc1cc(Cc2nccc3cc(OC)c(OC)cc23)c(C(C)=O)cc1OC. The van der Waals surface area contributed by atoms with E-state index in [2.05, 4.69) is 4.98 Å². The van der Waals surface area contributed by atoms with Crippen molar-refractivity contribution in [1.29, 1.82) is 0 Å². The fourth-order valence-corrected chi connectivity index (χ4v) is 3.28. The molecule has 146 valence electrons. The number of pyridine rings is 1. The quantitative estimate of drug-likeness (QED) is 0.575. The molecule has 6 nitrogen and oxygen atoms in total. The summed E-state index contributed by atoms with van der Waals surface area (Å²) in [5.74, 6) is 2.33. The predicted molar refractivity (Wildman–Crippen MR) is 107 cm³/mol. The van der Waals surface area contributed by atoms with Gasteiger partial charge in [-0.1, -0.05) is 0 Å². The van der Waals surface area contributed by atoms with Crippen molar-refractivity contribution in [3.8, 4) is 23.0 Å². The summed E-state index contributed by atoms with van der Waals surface area (Å²) in [6.07, 6.45) is 2.21. The summed E-state index contributed by atoms with van der Waals surface area (Å²) >= 11 is 0. The molecule has 3 rings (SSSR count). The van der Waals surface area contributed by atoms with Crippen LogP contribution >= 0.6 is 0 Å². The summed E-state index contributed by atoms with van der Waals surface area (Å²) in [6.45, 7) is 1.54. The minimum atomic E-state index is -0.0459. The summed E-state index contributed by atoms with van der Waals surface area (Å²) in [7, 11) is 6.33. The molecule has 3 aromatic rings. The highest BCUT2D eigenvalue weighted by Gasteiger charge is 2.17. The Morgan fingerprint density at radius 1 is 0.857 bits per heavy atom. The van der Waals surface area contributed by atoms with Crippen LogP contribution in [0.25, 0.3) is 10.8 Å². The van der Waals surface area contributed by atoms with Crippen LogP contribution in [0.4, 0.5) is 0 Å². The van der Waals surface area contributed by atoms with E-state index in [9.17, 15) is 4.79 Å². The van der Waals surface area contributed by atoms with Crippen molar-refractivity contribution in [3.63, 3.8) is 0 Å². The van der Waals surface area contributed by atoms with Crippen molar-refractivity contribution in [2.45, 2.75) is 13.3 Å². The van der Waals surface area contributed by atoms with Crippen molar-refractivity contribution in [2.24, 2.45) is 0 Å². The second-order valence-electron chi connectivity index (χ2n) is 6.28. The summed E-state index contributed by atoms with van der Waals surface area (Å²) in [5.41, 5.74) is 2.23. The van der Waals surface area contributed by atoms with Gasteiger partial charge in [0.15, 0.2) is 28.8 Å². The maximum Gasteiger partial charge on any atom is 0.161 e. The van der Waals surface area contributed by atoms with E-state index < -0.39 is 0 Å². The van der Waals surface area contributed by atoms with Gasteiger partial charge in [-0.3, -0.25) is 9.78 Å². The number of hydrogen-bond donors (Lipinski definition) is 0. The lowest BCUT2D eigenvalue weighted by atomic mass is 9.96. The number of fused-ring (bicyclic) bond motifs is 1. The third-order valence-corrected chi connectivity index (χ3v) is 4.70. The molecule has 0 unspecified atom stereocenters. The molecule has 0 aliphatic heterocycles. The third-order valence-electron chi connectivity index (χ3n) is 4.70. The third kappa shape index (κ3) is 3.58. The van der Waals surface area contributed by atoms with Crippen molar-refractivity contribution < 1.29 is 23.7 Å². The molecule has 28 heavy (non-hydrogen) atoms. The first-order valence-electron chi connectivity index (χ1n) is 8.77. The largest absolute Gasteiger partial charge is 0.493 e. The average Bonchev–Trinajstić information content (AvgIpc) is 2.72. The number of ketones is 1. The molecular formula is C22H23NO5. The van der Waals surface area contributed by atoms with Crippen molar-refractivity contribution in [2.75, 3.05) is 28.4 Å². The highest BCUT2D eigenvalue weighted by atomic mass is 16.5. The lowest BCUT2D eigenvalue weighted by molar-refractivity contribution is 0.101. The van der Waals surface area contributed by atoms with E-state index in [1.807, 2.05) is 24.3 Å². The first-order valence-corrected chi connectivity index (χ1v) is 8.77. The molecular weight excluding hydrogens is 358 g/mol. The Kier molecular flexibility index (Phi) is 5.68. The Hall–Kier alpha value is -3.28. The smallest absolute Gasteiger partial charge is 0.161 e. The van der Waals surface area contributed by atoms with Gasteiger partial charge < -0.3 is 18.9 Å². The summed E-state index contributed by atoms with van der Waals surface area (Å²) in [5, 5.41) is 1.91. The van der Waals surface area contributed by atoms with E-state index in [0.717, 1.165) is 22.0 Å². The van der Waals surface area contributed by atoms with Crippen LogP contribution < -0.4 is 18.9 Å². The summed E-state index contributed by atoms with van der Waals surface area (Å²) < 4.78 is 21.6. The maximum absolute atomic E-state index is 12.2. The van der Waals surface area contributed by atoms with Crippen molar-refractivity contribution in [1.82, 2.24) is 4.98 Å². The molecule has 0 atom stereocenters. The number of benzene rings is 2.